The lowest BCUT2D eigenvalue weighted by atomic mass is 9.96. The number of piperidine rings is 1. The van der Waals surface area contributed by atoms with Crippen molar-refractivity contribution in [3.63, 3.8) is 0 Å². The number of sulfonamides is 1. The molecule has 2 heterocycles. The number of aromatic amines is 1. The second-order valence-corrected chi connectivity index (χ2v) is 13.3. The summed E-state index contributed by atoms with van der Waals surface area (Å²) in [7, 11) is -0.245. The minimum atomic E-state index is -3.33. The normalized spacial score (nSPS) is 14.3. The van der Waals surface area contributed by atoms with E-state index in [0.717, 1.165) is 32.6 Å². The van der Waals surface area contributed by atoms with Crippen molar-refractivity contribution in [1.82, 2.24) is 18.9 Å². The summed E-state index contributed by atoms with van der Waals surface area (Å²) >= 11 is 0. The number of carbonyl (C=O) groups is 1. The van der Waals surface area contributed by atoms with E-state index < -0.39 is 26.7 Å². The lowest BCUT2D eigenvalue weighted by Gasteiger charge is -2.33. The molecule has 0 aliphatic carbocycles. The molecule has 1 aliphatic rings. The molecule has 0 saturated carbocycles. The standard InChI is InChI=1S/C31H34N4O7S/c1-21-17-25(29(36)34-15-13-27(14-16-34)43(39,40)33(2)3)9-12-28(21)24-6-4-5-23(18-24)20-41-26-10-7-22(8-11-26)19-35-30(37)32-31(38)42-35/h4-12,17-18,27H,13-16,19-20H2,1-3H3,(H,32,37,38). The molecule has 1 fully saturated rings. The molecule has 12 heteroatoms. The number of likely N-dealkylation sites (tertiary alicyclic amines) is 1. The maximum Gasteiger partial charge on any atom is 0.440 e. The molecule has 1 aromatic heterocycles. The number of carbonyl (C=O) groups excluding carboxylic acids is 1. The van der Waals surface area contributed by atoms with Gasteiger partial charge in [-0.3, -0.25) is 4.79 Å². The molecule has 0 atom stereocenters. The van der Waals surface area contributed by atoms with Crippen LogP contribution < -0.4 is 16.2 Å². The topological polar surface area (TPSA) is 135 Å². The molecule has 11 nitrogen and oxygen atoms in total. The maximum absolute atomic E-state index is 13.2. The third kappa shape index (κ3) is 6.81. The van der Waals surface area contributed by atoms with Gasteiger partial charge in [-0.1, -0.05) is 36.4 Å². The number of aromatic nitrogens is 2. The third-order valence-electron chi connectivity index (χ3n) is 7.65. The van der Waals surface area contributed by atoms with Gasteiger partial charge < -0.3 is 14.2 Å². The predicted octanol–water partition coefficient (Wildman–Crippen LogP) is 3.23. The SMILES string of the molecule is Cc1cc(C(=O)N2CCC(S(=O)(=O)N(C)C)CC2)ccc1-c1cccc(COc2ccc(Cn3oc(=O)[nH]c3=O)cc2)c1. The van der Waals surface area contributed by atoms with Gasteiger partial charge >= 0.3 is 11.4 Å². The van der Waals surface area contributed by atoms with Crippen molar-refractivity contribution < 1.29 is 22.5 Å². The van der Waals surface area contributed by atoms with Gasteiger partial charge in [-0.25, -0.2) is 27.3 Å². The summed E-state index contributed by atoms with van der Waals surface area (Å²) in [6, 6.07) is 20.8. The van der Waals surface area contributed by atoms with E-state index in [-0.39, 0.29) is 12.5 Å². The number of H-pyrrole nitrogens is 1. The summed E-state index contributed by atoms with van der Waals surface area (Å²) in [5.41, 5.74) is 4.70. The van der Waals surface area contributed by atoms with E-state index in [9.17, 15) is 22.8 Å². The van der Waals surface area contributed by atoms with Crippen molar-refractivity contribution in [3.05, 3.63) is 110 Å². The smallest absolute Gasteiger partial charge is 0.440 e. The molecule has 226 valence electrons. The molecule has 0 unspecified atom stereocenters. The van der Waals surface area contributed by atoms with Gasteiger partial charge in [0.25, 0.3) is 5.91 Å². The first-order valence-corrected chi connectivity index (χ1v) is 15.4. The quantitative estimate of drug-likeness (QED) is 0.309. The molecular formula is C31H34N4O7S. The molecule has 0 bridgehead atoms. The average molecular weight is 607 g/mol. The number of amides is 1. The molecule has 3 aromatic carbocycles. The van der Waals surface area contributed by atoms with Crippen LogP contribution in [0.4, 0.5) is 0 Å². The van der Waals surface area contributed by atoms with Gasteiger partial charge in [-0.15, -0.1) is 4.74 Å². The highest BCUT2D eigenvalue weighted by Crippen LogP contribution is 2.27. The Kier molecular flexibility index (Phi) is 8.69. The number of nitrogens with zero attached hydrogens (tertiary/aromatic N) is 3. The van der Waals surface area contributed by atoms with Gasteiger partial charge in [0.15, 0.2) is 0 Å². The zero-order valence-corrected chi connectivity index (χ0v) is 25.1. The van der Waals surface area contributed by atoms with Crippen molar-refractivity contribution in [2.75, 3.05) is 27.2 Å². The molecule has 1 saturated heterocycles. The first-order chi connectivity index (χ1) is 20.5. The Hall–Kier alpha value is -4.42. The lowest BCUT2D eigenvalue weighted by molar-refractivity contribution is 0.0725. The van der Waals surface area contributed by atoms with Crippen LogP contribution >= 0.6 is 0 Å². The number of aryl methyl sites for hydroxylation is 1. The van der Waals surface area contributed by atoms with E-state index in [1.54, 1.807) is 43.3 Å². The molecule has 5 rings (SSSR count). The number of rotatable bonds is 9. The number of benzene rings is 3. The highest BCUT2D eigenvalue weighted by molar-refractivity contribution is 7.89. The second kappa shape index (κ2) is 12.4. The van der Waals surface area contributed by atoms with Gasteiger partial charge in [0.05, 0.1) is 11.8 Å². The molecule has 1 aliphatic heterocycles. The van der Waals surface area contributed by atoms with Gasteiger partial charge in [0.1, 0.15) is 12.4 Å². The third-order valence-corrected chi connectivity index (χ3v) is 9.99. The summed E-state index contributed by atoms with van der Waals surface area (Å²) in [6.45, 7) is 3.26. The molecule has 4 aromatic rings. The van der Waals surface area contributed by atoms with Crippen LogP contribution in [0.2, 0.25) is 0 Å². The van der Waals surface area contributed by atoms with Crippen LogP contribution in [0.15, 0.2) is 80.8 Å². The molecule has 0 radical (unpaired) electrons. The van der Waals surface area contributed by atoms with Crippen LogP contribution in [0.25, 0.3) is 11.1 Å². The Bertz CT molecular complexity index is 1830. The number of ether oxygens (including phenoxy) is 1. The van der Waals surface area contributed by atoms with E-state index in [1.807, 2.05) is 43.3 Å². The Labute approximate surface area is 249 Å². The van der Waals surface area contributed by atoms with Crippen molar-refractivity contribution in [2.24, 2.45) is 0 Å². The predicted molar refractivity (Wildman–Crippen MR) is 162 cm³/mol. The minimum absolute atomic E-state index is 0.0896. The first-order valence-electron chi connectivity index (χ1n) is 13.9. The fraction of sp³-hybridized carbons (Fsp3) is 0.323. The molecule has 1 N–H and O–H groups in total. The fourth-order valence-corrected chi connectivity index (χ4v) is 6.63. The Morgan fingerprint density at radius 2 is 1.72 bits per heavy atom. The first kappa shape index (κ1) is 30.1. The number of hydrogen-bond acceptors (Lipinski definition) is 7. The summed E-state index contributed by atoms with van der Waals surface area (Å²) in [5, 5.41) is -0.459. The maximum atomic E-state index is 13.2. The monoisotopic (exact) mass is 606 g/mol. The summed E-state index contributed by atoms with van der Waals surface area (Å²) in [6.07, 6.45) is 0.855. The molecular weight excluding hydrogens is 572 g/mol. The van der Waals surface area contributed by atoms with E-state index in [4.69, 9.17) is 9.26 Å². The Morgan fingerprint density at radius 1 is 1.00 bits per heavy atom. The van der Waals surface area contributed by atoms with E-state index in [0.29, 0.717) is 43.9 Å². The highest BCUT2D eigenvalue weighted by atomic mass is 32.2. The lowest BCUT2D eigenvalue weighted by Crippen LogP contribution is -2.45. The summed E-state index contributed by atoms with van der Waals surface area (Å²) in [4.78, 5) is 39.8. The van der Waals surface area contributed by atoms with Gasteiger partial charge in [-0.05, 0) is 77.9 Å². The zero-order valence-electron chi connectivity index (χ0n) is 24.3. The van der Waals surface area contributed by atoms with Crippen LogP contribution in [0.3, 0.4) is 0 Å². The number of hydrogen-bond donors (Lipinski definition) is 1. The van der Waals surface area contributed by atoms with Crippen molar-refractivity contribution >= 4 is 15.9 Å². The van der Waals surface area contributed by atoms with Gasteiger partial charge in [0, 0.05) is 32.7 Å². The molecule has 0 spiro atoms. The summed E-state index contributed by atoms with van der Waals surface area (Å²) < 4.78 is 37.9. The van der Waals surface area contributed by atoms with Crippen molar-refractivity contribution in [3.8, 4) is 16.9 Å². The van der Waals surface area contributed by atoms with E-state index in [2.05, 4.69) is 11.1 Å². The number of nitrogens with one attached hydrogen (secondary N) is 1. The fourth-order valence-electron chi connectivity index (χ4n) is 5.23. The molecule has 43 heavy (non-hydrogen) atoms. The van der Waals surface area contributed by atoms with Crippen molar-refractivity contribution in [2.45, 2.75) is 38.2 Å². The average Bonchev–Trinajstić information content (AvgIpc) is 3.32. The Morgan fingerprint density at radius 3 is 2.35 bits per heavy atom. The zero-order chi connectivity index (χ0) is 30.7. The van der Waals surface area contributed by atoms with Crippen molar-refractivity contribution in [1.29, 1.82) is 0 Å². The Balaban J connectivity index is 1.20. The van der Waals surface area contributed by atoms with Gasteiger partial charge in [0.2, 0.25) is 10.0 Å². The van der Waals surface area contributed by atoms with Gasteiger partial charge in [-0.2, -0.15) is 0 Å². The van der Waals surface area contributed by atoms with Crippen LogP contribution in [-0.2, 0) is 23.2 Å². The highest BCUT2D eigenvalue weighted by Gasteiger charge is 2.33. The van der Waals surface area contributed by atoms with Crippen LogP contribution in [0.5, 0.6) is 5.75 Å². The van der Waals surface area contributed by atoms with Crippen LogP contribution in [0, 0.1) is 6.92 Å². The largest absolute Gasteiger partial charge is 0.489 e. The second-order valence-electron chi connectivity index (χ2n) is 10.8. The summed E-state index contributed by atoms with van der Waals surface area (Å²) in [5.74, 6) is -0.230. The van der Waals surface area contributed by atoms with E-state index >= 15 is 0 Å². The van der Waals surface area contributed by atoms with Crippen LogP contribution in [0.1, 0.15) is 39.9 Å². The molecule has 1 amide bonds. The van der Waals surface area contributed by atoms with E-state index in [1.165, 1.54) is 4.31 Å². The minimum Gasteiger partial charge on any atom is -0.489 e. The van der Waals surface area contributed by atoms with Crippen LogP contribution in [-0.4, -0.2) is 65.7 Å².